The lowest BCUT2D eigenvalue weighted by molar-refractivity contribution is -0.167. The van der Waals surface area contributed by atoms with Crippen LogP contribution in [0.15, 0.2) is 60.8 Å². The molecule has 0 aromatic carbocycles. The molecule has 0 saturated carbocycles. The summed E-state index contributed by atoms with van der Waals surface area (Å²) in [6.07, 6.45) is 63.5. The number of esters is 3. The maximum Gasteiger partial charge on any atom is 0.306 e. The van der Waals surface area contributed by atoms with Gasteiger partial charge in [0.05, 0.1) is 0 Å². The Bertz CT molecular complexity index is 1150. The van der Waals surface area contributed by atoms with Crippen LogP contribution in [0.2, 0.25) is 0 Å². The topological polar surface area (TPSA) is 78.9 Å². The molecular formula is C57H100O6. The molecule has 0 aliphatic carbocycles. The van der Waals surface area contributed by atoms with E-state index in [4.69, 9.17) is 14.2 Å². The van der Waals surface area contributed by atoms with E-state index in [0.29, 0.717) is 19.3 Å². The molecule has 1 atom stereocenters. The molecule has 0 aromatic rings. The average Bonchev–Trinajstić information content (AvgIpc) is 3.28. The van der Waals surface area contributed by atoms with Gasteiger partial charge in [-0.1, -0.05) is 223 Å². The van der Waals surface area contributed by atoms with Crippen LogP contribution in [-0.4, -0.2) is 37.2 Å². The number of hydrogen-bond acceptors (Lipinski definition) is 6. The number of carbonyl (C=O) groups excluding carboxylic acids is 3. The Hall–Kier alpha value is -2.89. The molecule has 0 saturated heterocycles. The fourth-order valence-corrected chi connectivity index (χ4v) is 7.43. The number of carbonyl (C=O) groups is 3. The molecule has 0 fully saturated rings. The average molecular weight is 881 g/mol. The number of hydrogen-bond donors (Lipinski definition) is 0. The summed E-state index contributed by atoms with van der Waals surface area (Å²) < 4.78 is 16.8. The maximum absolute atomic E-state index is 12.8. The van der Waals surface area contributed by atoms with Gasteiger partial charge in [0.2, 0.25) is 0 Å². The van der Waals surface area contributed by atoms with E-state index >= 15 is 0 Å². The van der Waals surface area contributed by atoms with Gasteiger partial charge in [0.25, 0.3) is 0 Å². The normalized spacial score (nSPS) is 12.5. The van der Waals surface area contributed by atoms with Gasteiger partial charge in [0.15, 0.2) is 6.10 Å². The van der Waals surface area contributed by atoms with Gasteiger partial charge in [0.1, 0.15) is 13.2 Å². The van der Waals surface area contributed by atoms with Gasteiger partial charge in [-0.25, -0.2) is 0 Å². The Morgan fingerprint density at radius 3 is 1.02 bits per heavy atom. The summed E-state index contributed by atoms with van der Waals surface area (Å²) in [6, 6.07) is 0. The molecule has 63 heavy (non-hydrogen) atoms. The van der Waals surface area contributed by atoms with E-state index in [1.807, 2.05) is 0 Å². The second-order valence-electron chi connectivity index (χ2n) is 17.8. The van der Waals surface area contributed by atoms with Crippen LogP contribution in [-0.2, 0) is 28.6 Å². The Morgan fingerprint density at radius 2 is 0.587 bits per heavy atom. The minimum atomic E-state index is -0.796. The van der Waals surface area contributed by atoms with Crippen molar-refractivity contribution in [3.8, 4) is 0 Å². The van der Waals surface area contributed by atoms with Crippen LogP contribution in [0, 0.1) is 0 Å². The van der Waals surface area contributed by atoms with Gasteiger partial charge in [-0.05, 0) is 83.5 Å². The molecule has 0 bridgehead atoms. The van der Waals surface area contributed by atoms with E-state index in [1.165, 1.54) is 148 Å². The summed E-state index contributed by atoms with van der Waals surface area (Å²) in [4.78, 5) is 38.0. The summed E-state index contributed by atoms with van der Waals surface area (Å²) in [6.45, 7) is 6.56. The summed E-state index contributed by atoms with van der Waals surface area (Å²) in [7, 11) is 0. The lowest BCUT2D eigenvalue weighted by Crippen LogP contribution is -2.30. The third-order valence-corrected chi connectivity index (χ3v) is 11.5. The van der Waals surface area contributed by atoms with Crippen molar-refractivity contribution in [3.63, 3.8) is 0 Å². The van der Waals surface area contributed by atoms with Crippen LogP contribution in [0.25, 0.3) is 0 Å². The SMILES string of the molecule is CCCCCC=CCC=CCC=CCC=CCCCC(=O)OCC(COC(=O)CCCCCCCC=CCCCCCC)OC(=O)CCCCCCCCCCCCCCCCC. The first kappa shape index (κ1) is 60.1. The Morgan fingerprint density at radius 1 is 0.317 bits per heavy atom. The molecule has 1 unspecified atom stereocenters. The third-order valence-electron chi connectivity index (χ3n) is 11.5. The molecule has 0 radical (unpaired) electrons. The van der Waals surface area contributed by atoms with Crippen LogP contribution in [0.1, 0.15) is 265 Å². The van der Waals surface area contributed by atoms with Gasteiger partial charge in [-0.15, -0.1) is 0 Å². The van der Waals surface area contributed by atoms with Crippen LogP contribution in [0.4, 0.5) is 0 Å². The summed E-state index contributed by atoms with van der Waals surface area (Å²) in [5.41, 5.74) is 0. The van der Waals surface area contributed by atoms with E-state index in [-0.39, 0.29) is 37.5 Å². The molecule has 0 aliphatic heterocycles. The van der Waals surface area contributed by atoms with E-state index in [1.54, 1.807) is 0 Å². The highest BCUT2D eigenvalue weighted by atomic mass is 16.6. The maximum atomic E-state index is 12.8. The minimum Gasteiger partial charge on any atom is -0.462 e. The van der Waals surface area contributed by atoms with Crippen LogP contribution < -0.4 is 0 Å². The Balaban J connectivity index is 4.46. The first-order valence-corrected chi connectivity index (χ1v) is 26.8. The fourth-order valence-electron chi connectivity index (χ4n) is 7.43. The molecule has 0 rings (SSSR count). The zero-order valence-electron chi connectivity index (χ0n) is 41.6. The quantitative estimate of drug-likeness (QED) is 0.0262. The van der Waals surface area contributed by atoms with Gasteiger partial charge in [-0.3, -0.25) is 14.4 Å². The van der Waals surface area contributed by atoms with Gasteiger partial charge < -0.3 is 14.2 Å². The summed E-state index contributed by atoms with van der Waals surface area (Å²) >= 11 is 0. The lowest BCUT2D eigenvalue weighted by Gasteiger charge is -2.18. The van der Waals surface area contributed by atoms with E-state index in [9.17, 15) is 14.4 Å². The summed E-state index contributed by atoms with van der Waals surface area (Å²) in [5, 5.41) is 0. The van der Waals surface area contributed by atoms with Crippen LogP contribution >= 0.6 is 0 Å². The highest BCUT2D eigenvalue weighted by Gasteiger charge is 2.19. The van der Waals surface area contributed by atoms with Crippen molar-refractivity contribution < 1.29 is 28.6 Å². The Labute approximate surface area is 390 Å². The van der Waals surface area contributed by atoms with E-state index in [0.717, 1.165) is 70.6 Å². The molecule has 364 valence electrons. The molecule has 0 N–H and O–H groups in total. The highest BCUT2D eigenvalue weighted by Crippen LogP contribution is 2.15. The Kier molecular flexibility index (Phi) is 49.4. The molecule has 6 heteroatoms. The molecule has 0 heterocycles. The largest absolute Gasteiger partial charge is 0.462 e. The number of allylic oxidation sites excluding steroid dienone is 10. The predicted octanol–water partition coefficient (Wildman–Crippen LogP) is 17.6. The van der Waals surface area contributed by atoms with Gasteiger partial charge in [-0.2, -0.15) is 0 Å². The van der Waals surface area contributed by atoms with Crippen molar-refractivity contribution in [2.45, 2.75) is 271 Å². The fraction of sp³-hybridized carbons (Fsp3) is 0.772. The third kappa shape index (κ3) is 50.0. The predicted molar refractivity (Wildman–Crippen MR) is 270 cm³/mol. The summed E-state index contributed by atoms with van der Waals surface area (Å²) in [5.74, 6) is -0.952. The highest BCUT2D eigenvalue weighted by molar-refractivity contribution is 5.71. The van der Waals surface area contributed by atoms with Crippen LogP contribution in [0.3, 0.4) is 0 Å². The van der Waals surface area contributed by atoms with Crippen molar-refractivity contribution in [2.75, 3.05) is 13.2 Å². The zero-order valence-corrected chi connectivity index (χ0v) is 41.6. The second kappa shape index (κ2) is 51.7. The molecule has 6 nitrogen and oxygen atoms in total. The van der Waals surface area contributed by atoms with Crippen LogP contribution in [0.5, 0.6) is 0 Å². The van der Waals surface area contributed by atoms with Gasteiger partial charge in [0, 0.05) is 19.3 Å². The standard InChI is InChI=1S/C57H100O6/c1-4-7-10-13-16-19-22-25-27-28-30-32-35-38-41-44-47-50-56(59)62-53-54(52-61-55(58)49-46-43-40-37-34-31-24-21-18-15-12-9-6-3)63-57(60)51-48-45-42-39-36-33-29-26-23-20-17-14-11-8-5-2/h16,19,21,24-25,27,30,32,38,41,54H,4-15,17-18,20,22-23,26,28-29,31,33-37,39-40,42-53H2,1-3H3. The van der Waals surface area contributed by atoms with Gasteiger partial charge >= 0.3 is 17.9 Å². The first-order chi connectivity index (χ1) is 31.0. The van der Waals surface area contributed by atoms with Crippen molar-refractivity contribution in [3.05, 3.63) is 60.8 Å². The second-order valence-corrected chi connectivity index (χ2v) is 17.8. The number of rotatable bonds is 48. The monoisotopic (exact) mass is 881 g/mol. The van der Waals surface area contributed by atoms with Crippen molar-refractivity contribution in [1.29, 1.82) is 0 Å². The lowest BCUT2D eigenvalue weighted by atomic mass is 10.0. The molecular weight excluding hydrogens is 781 g/mol. The number of ether oxygens (including phenoxy) is 3. The van der Waals surface area contributed by atoms with E-state index in [2.05, 4.69) is 81.5 Å². The smallest absolute Gasteiger partial charge is 0.306 e. The molecule has 0 aromatic heterocycles. The molecule has 0 spiro atoms. The minimum absolute atomic E-state index is 0.0935. The van der Waals surface area contributed by atoms with Crippen molar-refractivity contribution in [2.24, 2.45) is 0 Å². The first-order valence-electron chi connectivity index (χ1n) is 26.8. The molecule has 0 aliphatic rings. The molecule has 0 amide bonds. The zero-order chi connectivity index (χ0) is 45.8. The number of unbranched alkanes of at least 4 members (excludes halogenated alkanes) is 27. The van der Waals surface area contributed by atoms with Crippen molar-refractivity contribution >= 4 is 17.9 Å². The van der Waals surface area contributed by atoms with Crippen molar-refractivity contribution in [1.82, 2.24) is 0 Å². The van der Waals surface area contributed by atoms with E-state index < -0.39 is 6.10 Å².